The average molecular weight is 401 g/mol. The van der Waals surface area contributed by atoms with Gasteiger partial charge in [-0.05, 0) is 55.5 Å². The van der Waals surface area contributed by atoms with E-state index >= 15 is 0 Å². The van der Waals surface area contributed by atoms with Gasteiger partial charge in [-0.25, -0.2) is 4.79 Å². The number of thiocarbonyl (C=S) groups is 1. The standard InChI is InChI=1S/C19H19N3O5S/c1-2-26-17(24)10-9-16(23)22-19(28)21-14-7-5-13(6-8-14)18(25)20-12-15-4-3-11-27-15/h3-11H,2,12H2,1H3,(H,20,25)(H2,21,22,23,28)/b10-9+. The Labute approximate surface area is 166 Å². The summed E-state index contributed by atoms with van der Waals surface area (Å²) < 4.78 is 9.82. The van der Waals surface area contributed by atoms with Gasteiger partial charge >= 0.3 is 5.97 Å². The number of esters is 1. The van der Waals surface area contributed by atoms with Crippen LogP contribution >= 0.6 is 12.2 Å². The lowest BCUT2D eigenvalue weighted by Crippen LogP contribution is -2.33. The highest BCUT2D eigenvalue weighted by atomic mass is 32.1. The van der Waals surface area contributed by atoms with Crippen molar-refractivity contribution in [2.45, 2.75) is 13.5 Å². The lowest BCUT2D eigenvalue weighted by atomic mass is 10.2. The van der Waals surface area contributed by atoms with Crippen molar-refractivity contribution in [3.63, 3.8) is 0 Å². The van der Waals surface area contributed by atoms with Gasteiger partial charge in [0, 0.05) is 23.4 Å². The van der Waals surface area contributed by atoms with E-state index in [1.54, 1.807) is 43.3 Å². The molecule has 1 aromatic carbocycles. The maximum Gasteiger partial charge on any atom is 0.330 e. The van der Waals surface area contributed by atoms with Crippen molar-refractivity contribution in [3.8, 4) is 0 Å². The Balaban J connectivity index is 1.81. The van der Waals surface area contributed by atoms with Crippen LogP contribution in [-0.2, 0) is 20.9 Å². The summed E-state index contributed by atoms with van der Waals surface area (Å²) >= 11 is 5.03. The minimum absolute atomic E-state index is 0.0496. The summed E-state index contributed by atoms with van der Waals surface area (Å²) in [5, 5.41) is 7.99. The molecule has 2 aromatic rings. The predicted molar refractivity (Wildman–Crippen MR) is 106 cm³/mol. The number of carbonyl (C=O) groups excluding carboxylic acids is 3. The van der Waals surface area contributed by atoms with Gasteiger partial charge in [0.15, 0.2) is 5.11 Å². The van der Waals surface area contributed by atoms with Crippen molar-refractivity contribution in [2.24, 2.45) is 0 Å². The van der Waals surface area contributed by atoms with Crippen LogP contribution < -0.4 is 16.0 Å². The molecule has 2 amide bonds. The van der Waals surface area contributed by atoms with Gasteiger partial charge in [0.25, 0.3) is 5.91 Å². The van der Waals surface area contributed by atoms with Gasteiger partial charge in [-0.3, -0.25) is 14.9 Å². The Bertz CT molecular complexity index is 860. The first kappa shape index (κ1) is 20.8. The Hall–Kier alpha value is -3.46. The van der Waals surface area contributed by atoms with E-state index < -0.39 is 11.9 Å². The smallest absolute Gasteiger partial charge is 0.330 e. The van der Waals surface area contributed by atoms with Crippen molar-refractivity contribution >= 4 is 40.8 Å². The van der Waals surface area contributed by atoms with Crippen molar-refractivity contribution in [1.29, 1.82) is 0 Å². The number of benzene rings is 1. The molecule has 0 atom stereocenters. The van der Waals surface area contributed by atoms with Crippen LogP contribution in [0.5, 0.6) is 0 Å². The van der Waals surface area contributed by atoms with Crippen molar-refractivity contribution in [1.82, 2.24) is 10.6 Å². The zero-order chi connectivity index (χ0) is 20.4. The molecule has 0 saturated carbocycles. The molecule has 2 rings (SSSR count). The summed E-state index contributed by atoms with van der Waals surface area (Å²) in [6, 6.07) is 10.0. The lowest BCUT2D eigenvalue weighted by Gasteiger charge is -2.09. The van der Waals surface area contributed by atoms with Crippen molar-refractivity contribution in [2.75, 3.05) is 11.9 Å². The molecule has 0 aliphatic heterocycles. The molecule has 0 aliphatic carbocycles. The Morgan fingerprint density at radius 1 is 1.14 bits per heavy atom. The zero-order valence-electron chi connectivity index (χ0n) is 15.1. The van der Waals surface area contributed by atoms with E-state index in [4.69, 9.17) is 16.6 Å². The van der Waals surface area contributed by atoms with Crippen molar-refractivity contribution in [3.05, 3.63) is 66.1 Å². The molecular weight excluding hydrogens is 382 g/mol. The molecule has 1 aromatic heterocycles. The number of furan rings is 1. The number of nitrogens with one attached hydrogen (secondary N) is 3. The first-order chi connectivity index (χ1) is 13.5. The molecule has 0 radical (unpaired) electrons. The summed E-state index contributed by atoms with van der Waals surface area (Å²) in [6.07, 6.45) is 3.58. The third-order valence-electron chi connectivity index (χ3n) is 3.30. The lowest BCUT2D eigenvalue weighted by molar-refractivity contribution is -0.137. The molecule has 9 heteroatoms. The van der Waals surface area contributed by atoms with Crippen LogP contribution in [0.2, 0.25) is 0 Å². The number of carbonyl (C=O) groups is 3. The SMILES string of the molecule is CCOC(=O)/C=C/C(=O)NC(=S)Nc1ccc(C(=O)NCc2ccco2)cc1. The van der Waals surface area contributed by atoms with E-state index in [2.05, 4.69) is 20.7 Å². The molecule has 0 spiro atoms. The second kappa shape index (κ2) is 10.6. The first-order valence-corrected chi connectivity index (χ1v) is 8.76. The summed E-state index contributed by atoms with van der Waals surface area (Å²) in [6.45, 7) is 2.18. The highest BCUT2D eigenvalue weighted by Crippen LogP contribution is 2.10. The molecule has 146 valence electrons. The van der Waals surface area contributed by atoms with Gasteiger partial charge in [0.2, 0.25) is 5.91 Å². The van der Waals surface area contributed by atoms with E-state index in [0.717, 1.165) is 12.2 Å². The molecule has 0 fully saturated rings. The number of rotatable bonds is 7. The van der Waals surface area contributed by atoms with Crippen LogP contribution in [0.3, 0.4) is 0 Å². The second-order valence-electron chi connectivity index (χ2n) is 5.37. The van der Waals surface area contributed by atoms with Gasteiger partial charge in [0.05, 0.1) is 19.4 Å². The van der Waals surface area contributed by atoms with E-state index in [1.807, 2.05) is 0 Å². The molecule has 0 bridgehead atoms. The van der Waals surface area contributed by atoms with Gasteiger partial charge in [0.1, 0.15) is 5.76 Å². The van der Waals surface area contributed by atoms with Crippen LogP contribution in [0.15, 0.2) is 59.2 Å². The normalized spacial score (nSPS) is 10.3. The first-order valence-electron chi connectivity index (χ1n) is 8.35. The largest absolute Gasteiger partial charge is 0.467 e. The maximum atomic E-state index is 12.1. The van der Waals surface area contributed by atoms with Gasteiger partial charge in [-0.2, -0.15) is 0 Å². The van der Waals surface area contributed by atoms with E-state index in [0.29, 0.717) is 23.6 Å². The summed E-state index contributed by atoms with van der Waals surface area (Å²) in [5.74, 6) is -0.774. The number of amides is 2. The fourth-order valence-corrected chi connectivity index (χ4v) is 2.26. The molecule has 1 heterocycles. The Morgan fingerprint density at radius 2 is 1.89 bits per heavy atom. The molecule has 0 unspecified atom stereocenters. The zero-order valence-corrected chi connectivity index (χ0v) is 15.9. The summed E-state index contributed by atoms with van der Waals surface area (Å²) in [7, 11) is 0. The van der Waals surface area contributed by atoms with Crippen LogP contribution in [-0.4, -0.2) is 29.5 Å². The second-order valence-corrected chi connectivity index (χ2v) is 5.78. The monoisotopic (exact) mass is 401 g/mol. The fraction of sp³-hybridized carbons (Fsp3) is 0.158. The molecule has 28 heavy (non-hydrogen) atoms. The maximum absolute atomic E-state index is 12.1. The molecule has 8 nitrogen and oxygen atoms in total. The highest BCUT2D eigenvalue weighted by Gasteiger charge is 2.07. The van der Waals surface area contributed by atoms with Gasteiger partial charge in [-0.15, -0.1) is 0 Å². The third kappa shape index (κ3) is 7.04. The van der Waals surface area contributed by atoms with E-state index in [1.165, 1.54) is 6.26 Å². The Kier molecular flexibility index (Phi) is 7.92. The number of anilines is 1. The molecule has 0 aliphatic rings. The summed E-state index contributed by atoms with van der Waals surface area (Å²) in [5.41, 5.74) is 1.05. The third-order valence-corrected chi connectivity index (χ3v) is 3.51. The number of hydrogen-bond donors (Lipinski definition) is 3. The molecule has 3 N–H and O–H groups in total. The van der Waals surface area contributed by atoms with E-state index in [-0.39, 0.29) is 17.6 Å². The fourth-order valence-electron chi connectivity index (χ4n) is 2.04. The topological polar surface area (TPSA) is 110 Å². The van der Waals surface area contributed by atoms with Crippen LogP contribution in [0.1, 0.15) is 23.0 Å². The van der Waals surface area contributed by atoms with Gasteiger partial charge < -0.3 is 19.8 Å². The predicted octanol–water partition coefficient (Wildman–Crippen LogP) is 2.14. The number of ether oxygens (including phenoxy) is 1. The average Bonchev–Trinajstić information content (AvgIpc) is 3.19. The molecule has 0 saturated heterocycles. The van der Waals surface area contributed by atoms with Crippen LogP contribution in [0, 0.1) is 0 Å². The summed E-state index contributed by atoms with van der Waals surface area (Å²) in [4.78, 5) is 34.9. The minimum atomic E-state index is -0.613. The highest BCUT2D eigenvalue weighted by molar-refractivity contribution is 7.80. The van der Waals surface area contributed by atoms with Crippen molar-refractivity contribution < 1.29 is 23.5 Å². The van der Waals surface area contributed by atoms with Gasteiger partial charge in [-0.1, -0.05) is 0 Å². The Morgan fingerprint density at radius 3 is 2.54 bits per heavy atom. The number of hydrogen-bond acceptors (Lipinski definition) is 6. The molecular formula is C19H19N3O5S. The van der Waals surface area contributed by atoms with Crippen LogP contribution in [0.4, 0.5) is 5.69 Å². The van der Waals surface area contributed by atoms with Crippen LogP contribution in [0.25, 0.3) is 0 Å². The quantitative estimate of drug-likeness (QED) is 0.370. The minimum Gasteiger partial charge on any atom is -0.467 e. The van der Waals surface area contributed by atoms with E-state index in [9.17, 15) is 14.4 Å².